The smallest absolute Gasteiger partial charge is 0.305 e. The number of nitrogens with zero attached hydrogens (tertiary/aromatic N) is 1. The summed E-state index contributed by atoms with van der Waals surface area (Å²) in [5, 5.41) is 0.514. The van der Waals surface area contributed by atoms with Crippen LogP contribution in [0, 0.1) is 0 Å². The molecule has 0 aromatic heterocycles. The molecule has 37 heavy (non-hydrogen) atoms. The second-order valence-electron chi connectivity index (χ2n) is 10.1. The molecule has 0 amide bonds. The first-order chi connectivity index (χ1) is 17.9. The Hall–Kier alpha value is -1.41. The van der Waals surface area contributed by atoms with Gasteiger partial charge < -0.3 is 4.74 Å². The minimum Gasteiger partial charge on any atom is -0.469 e. The van der Waals surface area contributed by atoms with Gasteiger partial charge in [0.1, 0.15) is 0 Å². The predicted molar refractivity (Wildman–Crippen MR) is 152 cm³/mol. The minimum atomic E-state index is -3.60. The normalized spacial score (nSPS) is 18.6. The number of carbonyl (C=O) groups is 1. The van der Waals surface area contributed by atoms with Gasteiger partial charge in [-0.05, 0) is 56.5 Å². The van der Waals surface area contributed by atoms with Gasteiger partial charge in [0.05, 0.1) is 12.0 Å². The summed E-state index contributed by atoms with van der Waals surface area (Å²) in [5.74, 6) is -0.187. The van der Waals surface area contributed by atoms with E-state index in [1.165, 1.54) is 64.9 Å². The van der Waals surface area contributed by atoms with Crippen molar-refractivity contribution in [2.45, 2.75) is 114 Å². The Kier molecular flexibility index (Phi) is 15.5. The largest absolute Gasteiger partial charge is 0.469 e. The number of hydrogen-bond donors (Lipinski definition) is 1. The molecule has 210 valence electrons. The molecule has 1 saturated heterocycles. The second-order valence-corrected chi connectivity index (χ2v) is 12.3. The first-order valence-electron chi connectivity index (χ1n) is 14.1. The van der Waals surface area contributed by atoms with Crippen LogP contribution in [0.3, 0.4) is 0 Å². The first kappa shape index (κ1) is 31.8. The zero-order valence-corrected chi connectivity index (χ0v) is 24.4. The molecule has 1 fully saturated rings. The van der Waals surface area contributed by atoms with E-state index in [-0.39, 0.29) is 22.9 Å². The highest BCUT2D eigenvalue weighted by molar-refractivity contribution is 7.89. The maximum Gasteiger partial charge on any atom is 0.305 e. The number of nitrogens with one attached hydrogen (secondary N) is 1. The van der Waals surface area contributed by atoms with Crippen LogP contribution in [0.2, 0.25) is 5.02 Å². The fraction of sp³-hybridized carbons (Fsp3) is 0.690. The molecule has 0 radical (unpaired) electrons. The lowest BCUT2D eigenvalue weighted by Gasteiger charge is -2.21. The average Bonchev–Trinajstić information content (AvgIpc) is 3.25. The highest BCUT2D eigenvalue weighted by Gasteiger charge is 2.32. The van der Waals surface area contributed by atoms with E-state index >= 15 is 0 Å². The van der Waals surface area contributed by atoms with Crippen LogP contribution in [-0.2, 0) is 19.6 Å². The van der Waals surface area contributed by atoms with Crippen molar-refractivity contribution in [2.75, 3.05) is 20.2 Å². The van der Waals surface area contributed by atoms with E-state index in [0.29, 0.717) is 18.0 Å². The standard InChI is InChI=1S/C29H47ClN2O4S/c1-3-4-5-6-7-8-9-10-11-15-22-32-24-26(23-27(32)16-13-12-14-17-29(33)36-2)31-37(34,35)28-20-18-25(30)19-21-28/h13,16,18-21,26-27,31H,3-12,14-15,17,22-24H2,1-2H3/t26-,27-/m1/s1. The van der Waals surface area contributed by atoms with Crippen molar-refractivity contribution in [3.63, 3.8) is 0 Å². The SMILES string of the molecule is CCCCCCCCCCCCN1C[C@H](NS(=O)(=O)c2ccc(Cl)cc2)C[C@H]1C=CCCCC(=O)OC. The highest BCUT2D eigenvalue weighted by Crippen LogP contribution is 2.23. The number of esters is 1. The molecular weight excluding hydrogens is 508 g/mol. The lowest BCUT2D eigenvalue weighted by molar-refractivity contribution is -0.140. The summed E-state index contributed by atoms with van der Waals surface area (Å²) in [6.07, 6.45) is 20.0. The van der Waals surface area contributed by atoms with E-state index in [1.54, 1.807) is 24.3 Å². The lowest BCUT2D eigenvalue weighted by atomic mass is 10.1. The van der Waals surface area contributed by atoms with E-state index in [1.807, 2.05) is 0 Å². The van der Waals surface area contributed by atoms with Crippen molar-refractivity contribution in [1.82, 2.24) is 9.62 Å². The van der Waals surface area contributed by atoms with Crippen molar-refractivity contribution >= 4 is 27.6 Å². The first-order valence-corrected chi connectivity index (χ1v) is 16.0. The molecule has 0 aliphatic carbocycles. The number of benzene rings is 1. The van der Waals surface area contributed by atoms with Crippen LogP contribution in [-0.4, -0.2) is 51.6 Å². The number of allylic oxidation sites excluding steroid dienone is 1. The molecule has 1 aromatic carbocycles. The molecule has 0 bridgehead atoms. The minimum absolute atomic E-state index is 0.145. The third-order valence-corrected chi connectivity index (χ3v) is 8.82. The number of hydrogen-bond acceptors (Lipinski definition) is 5. The average molecular weight is 555 g/mol. The quantitative estimate of drug-likeness (QED) is 0.114. The van der Waals surface area contributed by atoms with Gasteiger partial charge in [-0.3, -0.25) is 9.69 Å². The van der Waals surface area contributed by atoms with Crippen LogP contribution in [0.5, 0.6) is 0 Å². The Morgan fingerprint density at radius 1 is 1.03 bits per heavy atom. The van der Waals surface area contributed by atoms with Crippen LogP contribution in [0.15, 0.2) is 41.3 Å². The summed E-state index contributed by atoms with van der Waals surface area (Å²) in [5.41, 5.74) is 0. The maximum atomic E-state index is 12.9. The number of unbranched alkanes of at least 4 members (excludes halogenated alkanes) is 10. The molecular formula is C29H47ClN2O4S. The predicted octanol–water partition coefficient (Wildman–Crippen LogP) is 6.88. The summed E-state index contributed by atoms with van der Waals surface area (Å²) >= 11 is 5.93. The molecule has 1 N–H and O–H groups in total. The Labute approximate surface area is 230 Å². The molecule has 1 aliphatic heterocycles. The number of halogens is 1. The molecule has 1 aliphatic rings. The summed E-state index contributed by atoms with van der Waals surface area (Å²) in [6.45, 7) is 3.91. The van der Waals surface area contributed by atoms with Crippen molar-refractivity contribution in [2.24, 2.45) is 0 Å². The second kappa shape index (κ2) is 18.0. The van der Waals surface area contributed by atoms with Gasteiger partial charge in [0.2, 0.25) is 10.0 Å². The molecule has 1 aromatic rings. The monoisotopic (exact) mass is 554 g/mol. The molecule has 2 rings (SSSR count). The number of sulfonamides is 1. The fourth-order valence-corrected chi connectivity index (χ4v) is 6.27. The van der Waals surface area contributed by atoms with E-state index in [2.05, 4.69) is 28.7 Å². The van der Waals surface area contributed by atoms with Crippen molar-refractivity contribution in [3.05, 3.63) is 41.4 Å². The number of likely N-dealkylation sites (tertiary alicyclic amines) is 1. The summed E-state index contributed by atoms with van der Waals surface area (Å²) in [6, 6.07) is 6.33. The lowest BCUT2D eigenvalue weighted by Crippen LogP contribution is -2.37. The van der Waals surface area contributed by atoms with Gasteiger partial charge in [-0.2, -0.15) is 0 Å². The van der Waals surface area contributed by atoms with E-state index in [0.717, 1.165) is 32.2 Å². The third kappa shape index (κ3) is 12.8. The molecule has 0 saturated carbocycles. The zero-order chi connectivity index (χ0) is 26.9. The summed E-state index contributed by atoms with van der Waals surface area (Å²) in [4.78, 5) is 14.0. The third-order valence-electron chi connectivity index (χ3n) is 7.03. The van der Waals surface area contributed by atoms with Crippen LogP contribution in [0.1, 0.15) is 96.8 Å². The topological polar surface area (TPSA) is 75.7 Å². The number of ether oxygens (including phenoxy) is 1. The number of methoxy groups -OCH3 is 1. The zero-order valence-electron chi connectivity index (χ0n) is 22.8. The van der Waals surface area contributed by atoms with E-state index < -0.39 is 10.0 Å². The van der Waals surface area contributed by atoms with Crippen molar-refractivity contribution in [1.29, 1.82) is 0 Å². The van der Waals surface area contributed by atoms with Crippen LogP contribution >= 0.6 is 11.6 Å². The van der Waals surface area contributed by atoms with Crippen molar-refractivity contribution < 1.29 is 17.9 Å². The van der Waals surface area contributed by atoms with Crippen LogP contribution < -0.4 is 4.72 Å². The van der Waals surface area contributed by atoms with Crippen LogP contribution in [0.25, 0.3) is 0 Å². The van der Waals surface area contributed by atoms with Gasteiger partial charge in [0.15, 0.2) is 0 Å². The fourth-order valence-electron chi connectivity index (χ4n) is 4.90. The number of carbonyl (C=O) groups excluding carboxylic acids is 1. The van der Waals surface area contributed by atoms with E-state index in [4.69, 9.17) is 16.3 Å². The van der Waals surface area contributed by atoms with Gasteiger partial charge in [0.25, 0.3) is 0 Å². The van der Waals surface area contributed by atoms with Gasteiger partial charge in [-0.25, -0.2) is 13.1 Å². The van der Waals surface area contributed by atoms with Crippen molar-refractivity contribution in [3.8, 4) is 0 Å². The van der Waals surface area contributed by atoms with E-state index in [9.17, 15) is 13.2 Å². The highest BCUT2D eigenvalue weighted by atomic mass is 35.5. The summed E-state index contributed by atoms with van der Waals surface area (Å²) in [7, 11) is -2.19. The maximum absolute atomic E-state index is 12.9. The summed E-state index contributed by atoms with van der Waals surface area (Å²) < 4.78 is 33.4. The molecule has 1 heterocycles. The Morgan fingerprint density at radius 2 is 1.65 bits per heavy atom. The Morgan fingerprint density at radius 3 is 2.27 bits per heavy atom. The molecule has 0 spiro atoms. The molecule has 2 atom stereocenters. The van der Waals surface area contributed by atoms with Gasteiger partial charge in [0, 0.05) is 30.1 Å². The number of rotatable bonds is 19. The molecule has 8 heteroatoms. The molecule has 0 unspecified atom stereocenters. The van der Waals surface area contributed by atoms with Gasteiger partial charge in [-0.1, -0.05) is 88.5 Å². The Balaban J connectivity index is 1.84. The van der Waals surface area contributed by atoms with Gasteiger partial charge in [-0.15, -0.1) is 0 Å². The Bertz CT molecular complexity index is 905. The molecule has 6 nitrogen and oxygen atoms in total. The van der Waals surface area contributed by atoms with Crippen LogP contribution in [0.4, 0.5) is 0 Å². The van der Waals surface area contributed by atoms with Gasteiger partial charge >= 0.3 is 5.97 Å².